The molecule has 4 rings (SSSR count). The molecule has 6 heteroatoms. The second-order valence-electron chi connectivity index (χ2n) is 8.15. The predicted octanol–water partition coefficient (Wildman–Crippen LogP) is 2.07. The third-order valence-electron chi connectivity index (χ3n) is 6.40. The summed E-state index contributed by atoms with van der Waals surface area (Å²) in [5, 5.41) is 5.77. The van der Waals surface area contributed by atoms with Crippen LogP contribution in [0, 0.1) is 17.3 Å². The Labute approximate surface area is 159 Å². The number of nitrogens with zero attached hydrogens (tertiary/aromatic N) is 1. The molecule has 144 valence electrons. The summed E-state index contributed by atoms with van der Waals surface area (Å²) in [7, 11) is 0. The minimum Gasteiger partial charge on any atom is -0.356 e. The highest BCUT2D eigenvalue weighted by Gasteiger charge is 2.73. The van der Waals surface area contributed by atoms with Crippen molar-refractivity contribution in [1.82, 2.24) is 10.2 Å². The average molecular weight is 369 g/mol. The molecule has 3 atom stereocenters. The third kappa shape index (κ3) is 3.16. The fourth-order valence-corrected chi connectivity index (χ4v) is 4.74. The summed E-state index contributed by atoms with van der Waals surface area (Å²) in [6, 6.07) is 7.02. The molecule has 1 aromatic rings. The Morgan fingerprint density at radius 3 is 2.74 bits per heavy atom. The summed E-state index contributed by atoms with van der Waals surface area (Å²) >= 11 is 0. The maximum Gasteiger partial charge on any atom is 0.229 e. The van der Waals surface area contributed by atoms with Gasteiger partial charge in [-0.1, -0.05) is 25.5 Å². The van der Waals surface area contributed by atoms with E-state index in [-0.39, 0.29) is 17.6 Å². The van der Waals surface area contributed by atoms with Crippen LogP contribution in [0.2, 0.25) is 0 Å². The van der Waals surface area contributed by atoms with Crippen molar-refractivity contribution in [2.75, 3.05) is 31.5 Å². The molecule has 2 amide bonds. The van der Waals surface area contributed by atoms with E-state index in [2.05, 4.69) is 15.5 Å². The number of anilines is 1. The van der Waals surface area contributed by atoms with Gasteiger partial charge in [0.25, 0.3) is 0 Å². The molecule has 1 aromatic carbocycles. The zero-order chi connectivity index (χ0) is 19.0. The van der Waals surface area contributed by atoms with Gasteiger partial charge < -0.3 is 15.5 Å². The van der Waals surface area contributed by atoms with E-state index in [1.165, 1.54) is 19.3 Å². The Morgan fingerprint density at radius 1 is 1.22 bits per heavy atom. The first-order valence-electron chi connectivity index (χ1n) is 9.98. The standard InChI is InChI=1S/C21H27N3O3/c1-21-16(19(26)22-10-7-13-24-11-5-2-6-12-24)17(21)20(27)23-15-9-4-3-8-14(15)18(21)25/h3-4,8-9,16-17H,2,5-7,10-13H2,1H3,(H,22,26)(H,23,27)/t16-,17-,21+/m0/s1. The first-order chi connectivity index (χ1) is 13.0. The lowest BCUT2D eigenvalue weighted by Gasteiger charge is -2.26. The van der Waals surface area contributed by atoms with Crippen LogP contribution >= 0.6 is 0 Å². The summed E-state index contributed by atoms with van der Waals surface area (Å²) in [5.41, 5.74) is 0.103. The van der Waals surface area contributed by atoms with Gasteiger partial charge in [-0.05, 0) is 51.0 Å². The molecule has 0 aromatic heterocycles. The number of likely N-dealkylation sites (tertiary alicyclic amines) is 1. The molecule has 2 heterocycles. The quantitative estimate of drug-likeness (QED) is 0.779. The van der Waals surface area contributed by atoms with Gasteiger partial charge >= 0.3 is 0 Å². The molecule has 27 heavy (non-hydrogen) atoms. The number of carbonyl (C=O) groups excluding carboxylic acids is 3. The van der Waals surface area contributed by atoms with Crippen LogP contribution in [-0.2, 0) is 9.59 Å². The van der Waals surface area contributed by atoms with Crippen molar-refractivity contribution < 1.29 is 14.4 Å². The highest BCUT2D eigenvalue weighted by Crippen LogP contribution is 2.62. The van der Waals surface area contributed by atoms with Crippen molar-refractivity contribution in [3.63, 3.8) is 0 Å². The molecule has 0 unspecified atom stereocenters. The molecule has 0 radical (unpaired) electrons. The molecule has 1 aliphatic carbocycles. The first kappa shape index (κ1) is 18.2. The Kier molecular flexibility index (Phi) is 4.76. The van der Waals surface area contributed by atoms with E-state index in [1.54, 1.807) is 31.2 Å². The number of Topliss-reactive ketones (excluding diaryl/α,β-unsaturated/α-hetero) is 1. The van der Waals surface area contributed by atoms with Crippen molar-refractivity contribution >= 4 is 23.3 Å². The monoisotopic (exact) mass is 369 g/mol. The van der Waals surface area contributed by atoms with Gasteiger partial charge in [0, 0.05) is 12.1 Å². The zero-order valence-corrected chi connectivity index (χ0v) is 15.8. The Bertz CT molecular complexity index is 772. The van der Waals surface area contributed by atoms with E-state index in [9.17, 15) is 14.4 Å². The molecule has 0 bridgehead atoms. The summed E-state index contributed by atoms with van der Waals surface area (Å²) < 4.78 is 0. The number of hydrogen-bond donors (Lipinski definition) is 2. The van der Waals surface area contributed by atoms with Crippen molar-refractivity contribution in [3.05, 3.63) is 29.8 Å². The maximum atomic E-state index is 13.0. The highest BCUT2D eigenvalue weighted by molar-refractivity contribution is 6.19. The number of carbonyl (C=O) groups is 3. The molecule has 2 fully saturated rings. The average Bonchev–Trinajstić information content (AvgIpc) is 3.34. The molecule has 1 saturated heterocycles. The minimum absolute atomic E-state index is 0.116. The SMILES string of the molecule is C[C@]12C(=O)c3ccccc3NC(=O)[C@@H]1[C@H]2C(=O)NCCCN1CCCCC1. The first-order valence-corrected chi connectivity index (χ1v) is 9.98. The summed E-state index contributed by atoms with van der Waals surface area (Å²) in [6.45, 7) is 5.61. The number of nitrogens with one attached hydrogen (secondary N) is 2. The Balaban J connectivity index is 1.37. The third-order valence-corrected chi connectivity index (χ3v) is 6.40. The van der Waals surface area contributed by atoms with Crippen LogP contribution in [0.4, 0.5) is 5.69 Å². The number of amides is 2. The fraction of sp³-hybridized carbons (Fsp3) is 0.571. The van der Waals surface area contributed by atoms with Crippen LogP contribution in [0.3, 0.4) is 0 Å². The van der Waals surface area contributed by atoms with E-state index in [1.807, 2.05) is 0 Å². The number of rotatable bonds is 5. The summed E-state index contributed by atoms with van der Waals surface area (Å²) in [6.07, 6.45) is 4.72. The Hall–Kier alpha value is -2.21. The molecule has 2 aliphatic heterocycles. The molecule has 0 spiro atoms. The number of benzene rings is 1. The van der Waals surface area contributed by atoms with Gasteiger partial charge in [-0.3, -0.25) is 14.4 Å². The van der Waals surface area contributed by atoms with E-state index >= 15 is 0 Å². The van der Waals surface area contributed by atoms with E-state index in [0.717, 1.165) is 26.1 Å². The molecule has 6 nitrogen and oxygen atoms in total. The summed E-state index contributed by atoms with van der Waals surface area (Å²) in [4.78, 5) is 40.7. The summed E-state index contributed by atoms with van der Waals surface area (Å²) in [5.74, 6) is -1.68. The number of fused-ring (bicyclic) bond motifs is 2. The maximum absolute atomic E-state index is 13.0. The van der Waals surface area contributed by atoms with Crippen LogP contribution < -0.4 is 10.6 Å². The second-order valence-corrected chi connectivity index (χ2v) is 8.15. The predicted molar refractivity (Wildman–Crippen MR) is 102 cm³/mol. The van der Waals surface area contributed by atoms with Crippen molar-refractivity contribution in [2.24, 2.45) is 17.3 Å². The van der Waals surface area contributed by atoms with Crippen molar-refractivity contribution in [1.29, 1.82) is 0 Å². The zero-order valence-electron chi connectivity index (χ0n) is 15.8. The van der Waals surface area contributed by atoms with Gasteiger partial charge in [0.05, 0.1) is 22.9 Å². The van der Waals surface area contributed by atoms with Crippen LogP contribution in [0.25, 0.3) is 0 Å². The normalized spacial score (nSPS) is 30.0. The molecular formula is C21H27N3O3. The van der Waals surface area contributed by atoms with Crippen LogP contribution in [0.15, 0.2) is 24.3 Å². The van der Waals surface area contributed by atoms with Crippen LogP contribution in [-0.4, -0.2) is 48.7 Å². The highest BCUT2D eigenvalue weighted by atomic mass is 16.2. The van der Waals surface area contributed by atoms with E-state index < -0.39 is 17.3 Å². The van der Waals surface area contributed by atoms with E-state index in [0.29, 0.717) is 17.8 Å². The fourth-order valence-electron chi connectivity index (χ4n) is 4.74. The lowest BCUT2D eigenvalue weighted by molar-refractivity contribution is -0.125. The van der Waals surface area contributed by atoms with Gasteiger partial charge in [0.1, 0.15) is 0 Å². The number of piperidine rings is 1. The Morgan fingerprint density at radius 2 is 1.96 bits per heavy atom. The minimum atomic E-state index is -0.937. The number of hydrogen-bond acceptors (Lipinski definition) is 4. The van der Waals surface area contributed by atoms with Gasteiger partial charge in [-0.15, -0.1) is 0 Å². The van der Waals surface area contributed by atoms with Crippen LogP contribution in [0.5, 0.6) is 0 Å². The molecule has 3 aliphatic rings. The molecule has 2 N–H and O–H groups in total. The van der Waals surface area contributed by atoms with Crippen molar-refractivity contribution in [2.45, 2.75) is 32.6 Å². The lowest BCUT2D eigenvalue weighted by atomic mass is 9.92. The van der Waals surface area contributed by atoms with E-state index in [4.69, 9.17) is 0 Å². The second kappa shape index (κ2) is 7.08. The molecule has 1 saturated carbocycles. The number of para-hydroxylation sites is 1. The van der Waals surface area contributed by atoms with Crippen molar-refractivity contribution in [3.8, 4) is 0 Å². The smallest absolute Gasteiger partial charge is 0.229 e. The lowest BCUT2D eigenvalue weighted by Crippen LogP contribution is -2.34. The number of ketones is 1. The largest absolute Gasteiger partial charge is 0.356 e. The molecular weight excluding hydrogens is 342 g/mol. The topological polar surface area (TPSA) is 78.5 Å². The van der Waals surface area contributed by atoms with Gasteiger partial charge in [0.15, 0.2) is 5.78 Å². The van der Waals surface area contributed by atoms with Gasteiger partial charge in [-0.25, -0.2) is 0 Å². The van der Waals surface area contributed by atoms with Gasteiger partial charge in [-0.2, -0.15) is 0 Å². The van der Waals surface area contributed by atoms with Crippen LogP contribution in [0.1, 0.15) is 43.0 Å². The van der Waals surface area contributed by atoms with Gasteiger partial charge in [0.2, 0.25) is 11.8 Å².